The van der Waals surface area contributed by atoms with Gasteiger partial charge in [0.2, 0.25) is 5.82 Å². The molecule has 3 rings (SSSR count). The van der Waals surface area contributed by atoms with E-state index in [4.69, 9.17) is 0 Å². The Labute approximate surface area is 114 Å². The lowest BCUT2D eigenvalue weighted by Crippen LogP contribution is -2.47. The Morgan fingerprint density at radius 1 is 1.55 bits per heavy atom. The number of likely N-dealkylation sites (N-methyl/N-ethyl adjacent to an activating group) is 1. The summed E-state index contributed by atoms with van der Waals surface area (Å²) in [4.78, 5) is 33.5. The monoisotopic (exact) mass is 275 g/mol. The van der Waals surface area contributed by atoms with Crippen LogP contribution in [0.5, 0.6) is 0 Å². The molecule has 1 unspecified atom stereocenters. The third kappa shape index (κ3) is 2.02. The average molecular weight is 275 g/mol. The smallest absolute Gasteiger partial charge is 0.289 e. The highest BCUT2D eigenvalue weighted by atomic mass is 16.2. The molecule has 0 aliphatic carbocycles. The number of H-pyrrole nitrogens is 1. The molecule has 0 aromatic carbocycles. The number of imidazole rings is 1. The number of anilines is 1. The zero-order valence-corrected chi connectivity index (χ0v) is 10.8. The van der Waals surface area contributed by atoms with Crippen molar-refractivity contribution in [1.29, 1.82) is 0 Å². The molecule has 0 bridgehead atoms. The molecule has 1 atom stereocenters. The number of carbonyl (C=O) groups excluding carboxylic acids is 2. The number of nitrogens with one attached hydrogen (secondary N) is 2. The molecule has 104 valence electrons. The van der Waals surface area contributed by atoms with Gasteiger partial charge in [-0.15, -0.1) is 0 Å². The van der Waals surface area contributed by atoms with Crippen molar-refractivity contribution in [2.24, 2.45) is 0 Å². The van der Waals surface area contributed by atoms with Crippen molar-refractivity contribution < 1.29 is 9.59 Å². The van der Waals surface area contributed by atoms with Crippen LogP contribution in [0.4, 0.5) is 5.82 Å². The van der Waals surface area contributed by atoms with Crippen molar-refractivity contribution in [2.45, 2.75) is 19.0 Å². The van der Waals surface area contributed by atoms with Crippen molar-refractivity contribution in [1.82, 2.24) is 30.0 Å². The van der Waals surface area contributed by atoms with Crippen molar-refractivity contribution >= 4 is 17.6 Å². The minimum absolute atomic E-state index is 0.0889. The molecule has 0 saturated carbocycles. The minimum atomic E-state index is -0.600. The number of aryl methyl sites for hydroxylation is 1. The van der Waals surface area contributed by atoms with E-state index in [9.17, 15) is 9.59 Å². The molecule has 2 aromatic rings. The van der Waals surface area contributed by atoms with Gasteiger partial charge < -0.3 is 9.88 Å². The topological polar surface area (TPSA) is 109 Å². The van der Waals surface area contributed by atoms with Gasteiger partial charge in [0.15, 0.2) is 0 Å². The predicted molar refractivity (Wildman–Crippen MR) is 67.9 cm³/mol. The van der Waals surface area contributed by atoms with E-state index in [2.05, 4.69) is 25.5 Å². The molecule has 9 heteroatoms. The Hall–Kier alpha value is -2.71. The van der Waals surface area contributed by atoms with E-state index >= 15 is 0 Å². The molecule has 3 heterocycles. The van der Waals surface area contributed by atoms with E-state index in [1.54, 1.807) is 19.6 Å². The van der Waals surface area contributed by atoms with Gasteiger partial charge in [0.25, 0.3) is 11.8 Å². The maximum Gasteiger partial charge on any atom is 0.289 e. The fraction of sp³-hybridized carbons (Fsp3) is 0.364. The summed E-state index contributed by atoms with van der Waals surface area (Å²) >= 11 is 0. The maximum absolute atomic E-state index is 12.3. The molecular weight excluding hydrogens is 262 g/mol. The zero-order valence-electron chi connectivity index (χ0n) is 10.8. The molecule has 2 amide bonds. The van der Waals surface area contributed by atoms with Crippen LogP contribution in [0.25, 0.3) is 0 Å². The molecule has 9 nitrogen and oxygen atoms in total. The molecular formula is C11H13N7O2. The predicted octanol–water partition coefficient (Wildman–Crippen LogP) is -0.834. The van der Waals surface area contributed by atoms with E-state index in [1.807, 2.05) is 4.57 Å². The number of nitrogens with zero attached hydrogens (tertiary/aromatic N) is 5. The highest BCUT2D eigenvalue weighted by Crippen LogP contribution is 2.19. The zero-order chi connectivity index (χ0) is 14.1. The molecule has 2 aromatic heterocycles. The van der Waals surface area contributed by atoms with Crippen LogP contribution >= 0.6 is 0 Å². The van der Waals surface area contributed by atoms with E-state index in [0.717, 1.165) is 0 Å². The molecule has 20 heavy (non-hydrogen) atoms. The highest BCUT2D eigenvalue weighted by Gasteiger charge is 2.30. The number of carbonyl (C=O) groups is 2. The standard InChI is InChI=1S/C11H13N7O2/c1-17-8-4-12-6-18(8)3-2-7(11(17)20)15-10(19)9-13-5-14-16-9/h4-7H,2-3H2,1H3,(H,15,19)(H,13,14,16). The second-order valence-electron chi connectivity index (χ2n) is 4.49. The van der Waals surface area contributed by atoms with Crippen molar-refractivity contribution in [3.63, 3.8) is 0 Å². The van der Waals surface area contributed by atoms with Gasteiger partial charge >= 0.3 is 0 Å². The van der Waals surface area contributed by atoms with Gasteiger partial charge in [-0.3, -0.25) is 19.6 Å². The van der Waals surface area contributed by atoms with Crippen molar-refractivity contribution in [2.75, 3.05) is 11.9 Å². The molecule has 0 fully saturated rings. The SMILES string of the molecule is CN1C(=O)C(NC(=O)c2ncn[nH]2)CCn2cncc21. The minimum Gasteiger partial charge on any atom is -0.337 e. The summed E-state index contributed by atoms with van der Waals surface area (Å²) in [6.07, 6.45) is 5.03. The number of aromatic amines is 1. The number of aromatic nitrogens is 5. The Morgan fingerprint density at radius 3 is 3.15 bits per heavy atom. The largest absolute Gasteiger partial charge is 0.337 e. The van der Waals surface area contributed by atoms with Gasteiger partial charge in [-0.1, -0.05) is 0 Å². The van der Waals surface area contributed by atoms with Crippen LogP contribution in [0.15, 0.2) is 18.9 Å². The van der Waals surface area contributed by atoms with Gasteiger partial charge in [-0.25, -0.2) is 9.97 Å². The van der Waals surface area contributed by atoms with Crippen LogP contribution in [0.1, 0.15) is 17.0 Å². The summed E-state index contributed by atoms with van der Waals surface area (Å²) in [5.74, 6) is 0.175. The fourth-order valence-corrected chi connectivity index (χ4v) is 2.18. The van der Waals surface area contributed by atoms with Crippen LogP contribution in [-0.4, -0.2) is 49.6 Å². The fourth-order valence-electron chi connectivity index (χ4n) is 2.18. The van der Waals surface area contributed by atoms with Crippen LogP contribution < -0.4 is 10.2 Å². The van der Waals surface area contributed by atoms with Gasteiger partial charge in [-0.2, -0.15) is 5.10 Å². The van der Waals surface area contributed by atoms with Crippen molar-refractivity contribution in [3.8, 4) is 0 Å². The van der Waals surface area contributed by atoms with E-state index < -0.39 is 11.9 Å². The second-order valence-corrected chi connectivity index (χ2v) is 4.49. The Morgan fingerprint density at radius 2 is 2.40 bits per heavy atom. The van der Waals surface area contributed by atoms with E-state index in [1.165, 1.54) is 11.2 Å². The normalized spacial score (nSPS) is 18.6. The number of hydrogen-bond acceptors (Lipinski definition) is 5. The van der Waals surface area contributed by atoms with E-state index in [0.29, 0.717) is 18.8 Å². The molecule has 0 saturated heterocycles. The van der Waals surface area contributed by atoms with Gasteiger partial charge in [0.1, 0.15) is 18.2 Å². The number of fused-ring (bicyclic) bond motifs is 1. The Balaban J connectivity index is 1.77. The first kappa shape index (κ1) is 12.3. The lowest BCUT2D eigenvalue weighted by atomic mass is 10.2. The average Bonchev–Trinajstić information content (AvgIpc) is 3.10. The Bertz CT molecular complexity index is 633. The van der Waals surface area contributed by atoms with Gasteiger partial charge in [-0.05, 0) is 6.42 Å². The molecule has 0 spiro atoms. The second kappa shape index (κ2) is 4.76. The van der Waals surface area contributed by atoms with Gasteiger partial charge in [0, 0.05) is 13.6 Å². The number of rotatable bonds is 2. The molecule has 1 aliphatic heterocycles. The lowest BCUT2D eigenvalue weighted by molar-refractivity contribution is -0.120. The van der Waals surface area contributed by atoms with E-state index in [-0.39, 0.29) is 11.7 Å². The number of amides is 2. The third-order valence-corrected chi connectivity index (χ3v) is 3.26. The first-order chi connectivity index (χ1) is 9.66. The first-order valence-corrected chi connectivity index (χ1v) is 6.10. The Kier molecular flexibility index (Phi) is 2.93. The summed E-state index contributed by atoms with van der Waals surface area (Å²) in [5, 5.41) is 8.74. The summed E-state index contributed by atoms with van der Waals surface area (Å²) in [6.45, 7) is 0.604. The third-order valence-electron chi connectivity index (χ3n) is 3.26. The summed E-state index contributed by atoms with van der Waals surface area (Å²) in [5.41, 5.74) is 0. The summed E-state index contributed by atoms with van der Waals surface area (Å²) in [7, 11) is 1.66. The molecule has 1 aliphatic rings. The van der Waals surface area contributed by atoms with Crippen molar-refractivity contribution in [3.05, 3.63) is 24.7 Å². The quantitative estimate of drug-likeness (QED) is 0.743. The highest BCUT2D eigenvalue weighted by molar-refractivity contribution is 6.00. The van der Waals surface area contributed by atoms with Crippen LogP contribution in [0, 0.1) is 0 Å². The molecule has 2 N–H and O–H groups in total. The van der Waals surface area contributed by atoms with Crippen LogP contribution in [-0.2, 0) is 11.3 Å². The van der Waals surface area contributed by atoms with Gasteiger partial charge in [0.05, 0.1) is 12.5 Å². The lowest BCUT2D eigenvalue weighted by Gasteiger charge is -2.19. The summed E-state index contributed by atoms with van der Waals surface area (Å²) < 4.78 is 1.87. The first-order valence-electron chi connectivity index (χ1n) is 6.10. The summed E-state index contributed by atoms with van der Waals surface area (Å²) in [6, 6.07) is -0.600. The molecule has 0 radical (unpaired) electrons. The van der Waals surface area contributed by atoms with Crippen LogP contribution in [0.2, 0.25) is 0 Å². The number of hydrogen-bond donors (Lipinski definition) is 2. The van der Waals surface area contributed by atoms with Crippen LogP contribution in [0.3, 0.4) is 0 Å². The maximum atomic E-state index is 12.3.